The number of aliphatic hydroxyl groups excluding tert-OH is 2. The van der Waals surface area contributed by atoms with Gasteiger partial charge in [0.2, 0.25) is 0 Å². The number of hydrogen-bond acceptors (Lipinski definition) is 6. The Morgan fingerprint density at radius 3 is 2.54 bits per heavy atom. The van der Waals surface area contributed by atoms with Gasteiger partial charge >= 0.3 is 0 Å². The van der Waals surface area contributed by atoms with E-state index in [1.54, 1.807) is 0 Å². The Balaban J connectivity index is 1.77. The molecule has 6 rings (SSSR count). The first kappa shape index (κ1) is 17.0. The number of hydrogen-bond donors (Lipinski definition) is 3. The van der Waals surface area contributed by atoms with Gasteiger partial charge in [-0.1, -0.05) is 20.4 Å². The zero-order valence-corrected chi connectivity index (χ0v) is 15.2. The van der Waals surface area contributed by atoms with Crippen LogP contribution in [0.3, 0.4) is 0 Å². The van der Waals surface area contributed by atoms with Crippen LogP contribution in [0.25, 0.3) is 0 Å². The Hall–Kier alpha value is -1.08. The van der Waals surface area contributed by atoms with Crippen LogP contribution in [0.5, 0.6) is 0 Å². The van der Waals surface area contributed by atoms with Crippen molar-refractivity contribution >= 4 is 11.6 Å². The summed E-state index contributed by atoms with van der Waals surface area (Å²) in [6.07, 6.45) is -1.78. The molecule has 6 nitrogen and oxygen atoms in total. The van der Waals surface area contributed by atoms with Crippen molar-refractivity contribution in [2.75, 3.05) is 6.61 Å². The zero-order chi connectivity index (χ0) is 18.9. The Kier molecular flexibility index (Phi) is 2.94. The van der Waals surface area contributed by atoms with E-state index in [0.717, 1.165) is 0 Å². The first-order valence-electron chi connectivity index (χ1n) is 9.50. The number of rotatable bonds is 0. The van der Waals surface area contributed by atoms with Gasteiger partial charge < -0.3 is 20.1 Å². The van der Waals surface area contributed by atoms with Crippen molar-refractivity contribution in [1.82, 2.24) is 0 Å². The highest BCUT2D eigenvalue weighted by Gasteiger charge is 2.80. The lowest BCUT2D eigenvalue weighted by molar-refractivity contribution is -0.277. The molecule has 0 aromatic carbocycles. The summed E-state index contributed by atoms with van der Waals surface area (Å²) in [6, 6.07) is 0. The van der Waals surface area contributed by atoms with Crippen LogP contribution in [0.4, 0.5) is 0 Å². The molecule has 6 aliphatic rings. The molecule has 2 heterocycles. The van der Waals surface area contributed by atoms with Crippen LogP contribution in [0.15, 0.2) is 12.2 Å². The molecule has 0 unspecified atom stereocenters. The summed E-state index contributed by atoms with van der Waals surface area (Å²) in [5.41, 5.74) is -3.91. The van der Waals surface area contributed by atoms with Crippen LogP contribution in [0, 0.1) is 28.1 Å². The molecule has 0 aromatic heterocycles. The first-order valence-corrected chi connectivity index (χ1v) is 9.50. The molecule has 4 bridgehead atoms. The Labute approximate surface area is 152 Å². The van der Waals surface area contributed by atoms with Crippen molar-refractivity contribution in [2.24, 2.45) is 28.1 Å². The van der Waals surface area contributed by atoms with Crippen molar-refractivity contribution in [3.63, 3.8) is 0 Å². The summed E-state index contributed by atoms with van der Waals surface area (Å²) < 4.78 is 6.04. The van der Waals surface area contributed by atoms with Gasteiger partial charge in [-0.25, -0.2) is 0 Å². The average molecular weight is 362 g/mol. The number of fused-ring (bicyclic) bond motifs is 3. The van der Waals surface area contributed by atoms with E-state index < -0.39 is 51.7 Å². The average Bonchev–Trinajstić information content (AvgIpc) is 2.72. The second-order valence-electron chi connectivity index (χ2n) is 9.84. The van der Waals surface area contributed by atoms with Crippen LogP contribution < -0.4 is 0 Å². The maximum Gasteiger partial charge on any atom is 0.171 e. The van der Waals surface area contributed by atoms with Crippen LogP contribution in [0.2, 0.25) is 0 Å². The molecule has 3 N–H and O–H groups in total. The van der Waals surface area contributed by atoms with Gasteiger partial charge in [-0.2, -0.15) is 0 Å². The van der Waals surface area contributed by atoms with Gasteiger partial charge in [-0.15, -0.1) is 0 Å². The smallest absolute Gasteiger partial charge is 0.171 e. The molecule has 142 valence electrons. The monoisotopic (exact) mass is 362 g/mol. The minimum atomic E-state index is -1.35. The predicted octanol–water partition coefficient (Wildman–Crippen LogP) is 0.379. The van der Waals surface area contributed by atoms with Crippen molar-refractivity contribution in [3.05, 3.63) is 12.2 Å². The largest absolute Gasteiger partial charge is 0.388 e. The molecule has 4 saturated carbocycles. The molecule has 6 fully saturated rings. The molecule has 2 spiro atoms. The van der Waals surface area contributed by atoms with E-state index in [9.17, 15) is 24.9 Å². The van der Waals surface area contributed by atoms with E-state index in [2.05, 4.69) is 6.58 Å². The van der Waals surface area contributed by atoms with Gasteiger partial charge in [0.05, 0.1) is 35.2 Å². The minimum absolute atomic E-state index is 0.0316. The lowest BCUT2D eigenvalue weighted by atomic mass is 9.37. The van der Waals surface area contributed by atoms with Gasteiger partial charge in [0.25, 0.3) is 0 Å². The SMILES string of the molecule is C=C1[C@@H](O)[C@]23C[C@@]1(O)CC[C@H]2[C@]12CO[C@@H](CC1=O)C(C)(C)[C@H]2[C@H](O)C3=O. The highest BCUT2D eigenvalue weighted by atomic mass is 16.5. The van der Waals surface area contributed by atoms with Gasteiger partial charge in [-0.05, 0) is 36.2 Å². The molecule has 2 saturated heterocycles. The highest BCUT2D eigenvalue weighted by Crippen LogP contribution is 2.72. The molecule has 8 atom stereocenters. The molecule has 0 aromatic rings. The van der Waals surface area contributed by atoms with Crippen LogP contribution >= 0.6 is 0 Å². The fourth-order valence-corrected chi connectivity index (χ4v) is 7.54. The fourth-order valence-electron chi connectivity index (χ4n) is 7.54. The lowest BCUT2D eigenvalue weighted by Crippen LogP contribution is -2.77. The van der Waals surface area contributed by atoms with Crippen molar-refractivity contribution < 1.29 is 29.6 Å². The second kappa shape index (κ2) is 4.49. The van der Waals surface area contributed by atoms with E-state index in [0.29, 0.717) is 12.8 Å². The van der Waals surface area contributed by atoms with Crippen LogP contribution in [-0.4, -0.2) is 57.4 Å². The fraction of sp³-hybridized carbons (Fsp3) is 0.800. The predicted molar refractivity (Wildman–Crippen MR) is 90.0 cm³/mol. The van der Waals surface area contributed by atoms with Crippen molar-refractivity contribution in [1.29, 1.82) is 0 Å². The van der Waals surface area contributed by atoms with Crippen LogP contribution in [-0.2, 0) is 14.3 Å². The number of carbonyl (C=O) groups excluding carboxylic acids is 2. The van der Waals surface area contributed by atoms with E-state index in [-0.39, 0.29) is 36.9 Å². The number of aliphatic hydroxyl groups is 3. The van der Waals surface area contributed by atoms with Gasteiger partial charge in [-0.3, -0.25) is 9.59 Å². The third-order valence-electron chi connectivity index (χ3n) is 8.73. The molecule has 0 amide bonds. The number of Topliss-reactive ketones (excluding diaryl/α,β-unsaturated/α-hetero) is 2. The summed E-state index contributed by atoms with van der Waals surface area (Å²) in [4.78, 5) is 26.7. The number of ketones is 2. The first-order chi connectivity index (χ1) is 12.0. The van der Waals surface area contributed by atoms with E-state index in [1.165, 1.54) is 0 Å². The van der Waals surface area contributed by atoms with E-state index in [1.807, 2.05) is 13.8 Å². The van der Waals surface area contributed by atoms with Gasteiger partial charge in [0.15, 0.2) is 5.78 Å². The normalized spacial score (nSPS) is 57.1. The molecule has 4 aliphatic carbocycles. The van der Waals surface area contributed by atoms with E-state index >= 15 is 0 Å². The quantitative estimate of drug-likeness (QED) is 0.538. The Morgan fingerprint density at radius 2 is 1.88 bits per heavy atom. The molecular formula is C20H26O6. The van der Waals surface area contributed by atoms with Gasteiger partial charge in [0, 0.05) is 12.3 Å². The summed E-state index contributed by atoms with van der Waals surface area (Å²) >= 11 is 0. The maximum atomic E-state index is 13.4. The lowest BCUT2D eigenvalue weighted by Gasteiger charge is -2.68. The van der Waals surface area contributed by atoms with E-state index in [4.69, 9.17) is 4.74 Å². The minimum Gasteiger partial charge on any atom is -0.388 e. The third kappa shape index (κ3) is 1.46. The molecule has 0 radical (unpaired) electrons. The third-order valence-corrected chi connectivity index (χ3v) is 8.73. The summed E-state index contributed by atoms with van der Waals surface area (Å²) in [5, 5.41) is 33.0. The molecular weight excluding hydrogens is 336 g/mol. The topological polar surface area (TPSA) is 104 Å². The second-order valence-corrected chi connectivity index (χ2v) is 9.84. The maximum absolute atomic E-state index is 13.4. The van der Waals surface area contributed by atoms with Crippen molar-refractivity contribution in [2.45, 2.75) is 63.4 Å². The van der Waals surface area contributed by atoms with Crippen molar-refractivity contribution in [3.8, 4) is 0 Å². The summed E-state index contributed by atoms with van der Waals surface area (Å²) in [5.74, 6) is -1.37. The molecule has 2 aliphatic heterocycles. The standard InChI is InChI=1S/C20H26O6/c1-9-15(23)19-7-18(9,25)5-4-10(19)20-8-26-12(6-11(20)21)17(2,3)14(20)13(22)16(19)24/h10,12-15,22-23,25H,1,4-8H2,2-3H3/t10-,12+,13+,14-,15-,18+,19+,20-/m1/s1. The summed E-state index contributed by atoms with van der Waals surface area (Å²) in [7, 11) is 0. The summed E-state index contributed by atoms with van der Waals surface area (Å²) in [6.45, 7) is 7.95. The van der Waals surface area contributed by atoms with Crippen LogP contribution in [0.1, 0.15) is 39.5 Å². The number of carbonyl (C=O) groups is 2. The zero-order valence-electron chi connectivity index (χ0n) is 15.2. The molecule has 6 heteroatoms. The Bertz CT molecular complexity index is 757. The Morgan fingerprint density at radius 1 is 1.19 bits per heavy atom. The number of ether oxygens (including phenoxy) is 1. The molecule has 26 heavy (non-hydrogen) atoms. The highest BCUT2D eigenvalue weighted by molar-refractivity contribution is 5.98. The van der Waals surface area contributed by atoms with Gasteiger partial charge in [0.1, 0.15) is 11.9 Å².